The zero-order valence-electron chi connectivity index (χ0n) is 14.3. The molecule has 0 unspecified atom stereocenters. The van der Waals surface area contributed by atoms with E-state index in [4.69, 9.17) is 4.42 Å². The summed E-state index contributed by atoms with van der Waals surface area (Å²) in [5.74, 6) is 0.175. The van der Waals surface area contributed by atoms with E-state index in [1.807, 2.05) is 31.3 Å². The Morgan fingerprint density at radius 3 is 2.60 bits per heavy atom. The molecule has 4 rings (SSSR count). The number of phenols is 1. The van der Waals surface area contributed by atoms with Crippen LogP contribution in [-0.4, -0.2) is 17.1 Å². The molecule has 1 N–H and O–H groups in total. The topological polar surface area (TPSA) is 53.7 Å². The third kappa shape index (κ3) is 2.94. The van der Waals surface area contributed by atoms with Gasteiger partial charge in [0, 0.05) is 24.0 Å². The number of aromatic hydroxyl groups is 1. The number of phenolic OH excluding ortho intramolecular Hbond substituents is 1. The Balaban J connectivity index is 1.73. The van der Waals surface area contributed by atoms with Gasteiger partial charge in [0.1, 0.15) is 11.3 Å². The van der Waals surface area contributed by atoms with Gasteiger partial charge in [0.2, 0.25) is 0 Å². The predicted molar refractivity (Wildman–Crippen MR) is 97.8 cm³/mol. The highest BCUT2D eigenvalue weighted by Gasteiger charge is 2.22. The first-order valence-corrected chi connectivity index (χ1v) is 8.65. The van der Waals surface area contributed by atoms with Gasteiger partial charge in [-0.2, -0.15) is 0 Å². The fourth-order valence-electron chi connectivity index (χ4n) is 3.77. The van der Waals surface area contributed by atoms with Crippen molar-refractivity contribution in [2.24, 2.45) is 0 Å². The second kappa shape index (κ2) is 6.37. The number of aryl methyl sites for hydroxylation is 1. The summed E-state index contributed by atoms with van der Waals surface area (Å²) in [6.45, 7) is 1.27. The lowest BCUT2D eigenvalue weighted by atomic mass is 10.0. The van der Waals surface area contributed by atoms with Crippen LogP contribution >= 0.6 is 0 Å². The van der Waals surface area contributed by atoms with Gasteiger partial charge in [-0.3, -0.25) is 4.90 Å². The molecule has 4 heteroatoms. The van der Waals surface area contributed by atoms with Crippen molar-refractivity contribution in [1.82, 2.24) is 4.90 Å². The number of rotatable bonds is 4. The van der Waals surface area contributed by atoms with E-state index in [1.54, 1.807) is 6.07 Å². The Kier molecular flexibility index (Phi) is 4.06. The molecular formula is C21H21NO3. The average Bonchev–Trinajstić information content (AvgIpc) is 3.09. The van der Waals surface area contributed by atoms with E-state index >= 15 is 0 Å². The minimum Gasteiger partial charge on any atom is -0.507 e. The molecule has 0 fully saturated rings. The average molecular weight is 335 g/mol. The molecule has 2 aromatic carbocycles. The molecule has 1 aliphatic carbocycles. The first kappa shape index (κ1) is 15.9. The minimum absolute atomic E-state index is 0.175. The van der Waals surface area contributed by atoms with Crippen molar-refractivity contribution in [2.75, 3.05) is 7.05 Å². The summed E-state index contributed by atoms with van der Waals surface area (Å²) >= 11 is 0. The molecule has 0 radical (unpaired) electrons. The molecule has 0 atom stereocenters. The van der Waals surface area contributed by atoms with Crippen molar-refractivity contribution < 1.29 is 9.52 Å². The maximum atomic E-state index is 12.3. The molecule has 0 amide bonds. The summed E-state index contributed by atoms with van der Waals surface area (Å²) in [6.07, 6.45) is 2.68. The van der Waals surface area contributed by atoms with Crippen LogP contribution in [0.25, 0.3) is 11.0 Å². The maximum Gasteiger partial charge on any atom is 0.339 e. The number of hydrogen-bond acceptors (Lipinski definition) is 4. The van der Waals surface area contributed by atoms with Gasteiger partial charge in [0.05, 0.1) is 5.56 Å². The molecular weight excluding hydrogens is 314 g/mol. The van der Waals surface area contributed by atoms with Gasteiger partial charge in [0.25, 0.3) is 0 Å². The van der Waals surface area contributed by atoms with Gasteiger partial charge in [-0.15, -0.1) is 0 Å². The monoisotopic (exact) mass is 335 g/mol. The lowest BCUT2D eigenvalue weighted by Gasteiger charge is -2.19. The first-order valence-electron chi connectivity index (χ1n) is 8.65. The van der Waals surface area contributed by atoms with Gasteiger partial charge in [0.15, 0.2) is 0 Å². The summed E-state index contributed by atoms with van der Waals surface area (Å²) < 4.78 is 5.63. The highest BCUT2D eigenvalue weighted by Crippen LogP contribution is 2.33. The summed E-state index contributed by atoms with van der Waals surface area (Å²) in [6, 6.07) is 13.8. The number of fused-ring (bicyclic) bond motifs is 3. The first-order chi connectivity index (χ1) is 12.1. The quantitative estimate of drug-likeness (QED) is 0.740. The van der Waals surface area contributed by atoms with Crippen molar-refractivity contribution in [3.05, 3.63) is 75.1 Å². The SMILES string of the molecule is CN(Cc1ccccc1)Cc1c(O)ccc2c3c(c(=O)oc12)CCC3. The smallest absolute Gasteiger partial charge is 0.339 e. The van der Waals surface area contributed by atoms with E-state index in [-0.39, 0.29) is 11.4 Å². The van der Waals surface area contributed by atoms with E-state index in [2.05, 4.69) is 17.0 Å². The van der Waals surface area contributed by atoms with Crippen LogP contribution in [0.2, 0.25) is 0 Å². The Hall–Kier alpha value is -2.59. The number of nitrogens with zero attached hydrogens (tertiary/aromatic N) is 1. The molecule has 128 valence electrons. The lowest BCUT2D eigenvalue weighted by Crippen LogP contribution is -2.18. The molecule has 0 saturated carbocycles. The largest absolute Gasteiger partial charge is 0.507 e. The van der Waals surface area contributed by atoms with E-state index in [0.29, 0.717) is 17.7 Å². The second-order valence-corrected chi connectivity index (χ2v) is 6.80. The summed E-state index contributed by atoms with van der Waals surface area (Å²) in [5.41, 5.74) is 4.07. The van der Waals surface area contributed by atoms with Crippen LogP contribution in [0.3, 0.4) is 0 Å². The normalized spacial score (nSPS) is 13.5. The Morgan fingerprint density at radius 1 is 1.04 bits per heavy atom. The molecule has 1 heterocycles. The van der Waals surface area contributed by atoms with Crippen LogP contribution in [0.4, 0.5) is 0 Å². The van der Waals surface area contributed by atoms with Crippen LogP contribution in [0.15, 0.2) is 51.7 Å². The number of benzene rings is 2. The van der Waals surface area contributed by atoms with Gasteiger partial charge >= 0.3 is 5.63 Å². The fourth-order valence-corrected chi connectivity index (χ4v) is 3.77. The molecule has 25 heavy (non-hydrogen) atoms. The van der Waals surface area contributed by atoms with Crippen molar-refractivity contribution in [3.63, 3.8) is 0 Å². The van der Waals surface area contributed by atoms with Crippen LogP contribution in [0.1, 0.15) is 28.7 Å². The molecule has 1 aromatic heterocycles. The highest BCUT2D eigenvalue weighted by atomic mass is 16.4. The summed E-state index contributed by atoms with van der Waals surface area (Å²) in [5, 5.41) is 11.3. The third-order valence-electron chi connectivity index (χ3n) is 4.94. The van der Waals surface area contributed by atoms with Gasteiger partial charge in [-0.05, 0) is 49.6 Å². The van der Waals surface area contributed by atoms with E-state index in [0.717, 1.165) is 42.3 Å². The molecule has 4 nitrogen and oxygen atoms in total. The predicted octanol–water partition coefficient (Wildman–Crippen LogP) is 3.62. The zero-order chi connectivity index (χ0) is 17.4. The molecule has 1 aliphatic rings. The Bertz CT molecular complexity index is 976. The zero-order valence-corrected chi connectivity index (χ0v) is 14.3. The van der Waals surface area contributed by atoms with Crippen LogP contribution in [-0.2, 0) is 25.9 Å². The highest BCUT2D eigenvalue weighted by molar-refractivity contribution is 5.86. The van der Waals surface area contributed by atoms with Crippen LogP contribution in [0.5, 0.6) is 5.75 Å². The summed E-state index contributed by atoms with van der Waals surface area (Å²) in [7, 11) is 2.00. The minimum atomic E-state index is -0.252. The molecule has 0 aliphatic heterocycles. The molecule has 0 bridgehead atoms. The number of hydrogen-bond donors (Lipinski definition) is 1. The Morgan fingerprint density at radius 2 is 1.80 bits per heavy atom. The Labute approximate surface area is 146 Å². The maximum absolute atomic E-state index is 12.3. The van der Waals surface area contributed by atoms with E-state index in [1.165, 1.54) is 5.56 Å². The fraction of sp³-hybridized carbons (Fsp3) is 0.286. The van der Waals surface area contributed by atoms with Gasteiger partial charge in [-0.25, -0.2) is 4.79 Å². The van der Waals surface area contributed by atoms with Gasteiger partial charge in [-0.1, -0.05) is 30.3 Å². The molecule has 0 spiro atoms. The lowest BCUT2D eigenvalue weighted by molar-refractivity contribution is 0.312. The third-order valence-corrected chi connectivity index (χ3v) is 4.94. The van der Waals surface area contributed by atoms with Gasteiger partial charge < -0.3 is 9.52 Å². The van der Waals surface area contributed by atoms with Crippen LogP contribution in [0, 0.1) is 0 Å². The van der Waals surface area contributed by atoms with E-state index in [9.17, 15) is 9.90 Å². The molecule has 3 aromatic rings. The van der Waals surface area contributed by atoms with E-state index < -0.39 is 0 Å². The van der Waals surface area contributed by atoms with Crippen molar-refractivity contribution >= 4 is 11.0 Å². The summed E-state index contributed by atoms with van der Waals surface area (Å²) in [4.78, 5) is 14.4. The standard InChI is InChI=1S/C21H21NO3/c1-22(12-14-6-3-2-4-7-14)13-18-19(23)11-10-16-15-8-5-9-17(15)21(24)25-20(16)18/h2-4,6-7,10-11,23H,5,8-9,12-13H2,1H3. The van der Waals surface area contributed by atoms with Crippen molar-refractivity contribution in [2.45, 2.75) is 32.4 Å². The van der Waals surface area contributed by atoms with Crippen LogP contribution < -0.4 is 5.63 Å². The molecule has 0 saturated heterocycles. The van der Waals surface area contributed by atoms with Crippen molar-refractivity contribution in [3.8, 4) is 5.75 Å². The second-order valence-electron chi connectivity index (χ2n) is 6.80. The van der Waals surface area contributed by atoms with Crippen molar-refractivity contribution in [1.29, 1.82) is 0 Å².